The molecule has 1 amide bonds. The van der Waals surface area contributed by atoms with Gasteiger partial charge < -0.3 is 4.74 Å². The van der Waals surface area contributed by atoms with Gasteiger partial charge in [0.05, 0.1) is 11.9 Å². The topological polar surface area (TPSA) is 107 Å². The van der Waals surface area contributed by atoms with E-state index in [1.165, 1.54) is 15.9 Å². The molecule has 0 atom stereocenters. The average Bonchev–Trinajstić information content (AvgIpc) is 3.38. The lowest BCUT2D eigenvalue weighted by atomic mass is 10.2. The highest BCUT2D eigenvalue weighted by Crippen LogP contribution is 2.34. The molecule has 2 aromatic rings. The molecule has 2 heterocycles. The van der Waals surface area contributed by atoms with Gasteiger partial charge in [0.15, 0.2) is 0 Å². The zero-order valence-corrected chi connectivity index (χ0v) is 18.2. The second-order valence-electron chi connectivity index (χ2n) is 8.05. The van der Waals surface area contributed by atoms with Gasteiger partial charge in [-0.15, -0.1) is 11.3 Å². The fourth-order valence-corrected chi connectivity index (χ4v) is 4.30. The maximum atomic E-state index is 13.0. The van der Waals surface area contributed by atoms with Gasteiger partial charge in [-0.2, -0.15) is 0 Å². The third kappa shape index (κ3) is 4.59. The summed E-state index contributed by atoms with van der Waals surface area (Å²) in [5.74, 6) is 0. The van der Waals surface area contributed by atoms with Crippen LogP contribution in [0.3, 0.4) is 0 Å². The molecule has 1 fully saturated rings. The van der Waals surface area contributed by atoms with Crippen molar-refractivity contribution in [1.29, 1.82) is 0 Å². The summed E-state index contributed by atoms with van der Waals surface area (Å²) in [5.41, 5.74) is 5.02. The summed E-state index contributed by atoms with van der Waals surface area (Å²) in [4.78, 5) is 43.2. The van der Waals surface area contributed by atoms with Crippen LogP contribution in [-0.2, 0) is 17.8 Å². The number of carbonyl (C=O) groups excluding carboxylic acids is 1. The number of nitrogens with zero attached hydrogens (tertiary/aromatic N) is 3. The Bertz CT molecular complexity index is 1070. The number of ether oxygens (including phenoxy) is 1. The average molecular weight is 422 g/mol. The molecule has 2 N–H and O–H groups in total. The molecule has 158 valence electrons. The first-order valence-electron chi connectivity index (χ1n) is 9.53. The van der Waals surface area contributed by atoms with E-state index in [-0.39, 0.29) is 17.3 Å². The number of aliphatic imine (C=N–C) groups is 1. The van der Waals surface area contributed by atoms with Crippen molar-refractivity contribution in [2.45, 2.75) is 65.3 Å². The lowest BCUT2D eigenvalue weighted by molar-refractivity contribution is 0.0497. The summed E-state index contributed by atoms with van der Waals surface area (Å²) >= 11 is 1.37. The lowest BCUT2D eigenvalue weighted by Gasteiger charge is -2.19. The van der Waals surface area contributed by atoms with E-state index in [1.807, 2.05) is 6.92 Å². The van der Waals surface area contributed by atoms with Gasteiger partial charge in [0, 0.05) is 30.7 Å². The monoisotopic (exact) mass is 421 g/mol. The minimum atomic E-state index is -0.593. The standard InChI is InChI=1S/C19H27N5O4S/c1-11-13(10-21-22-17(26)28-19(2,3)4)29-16-14(11)15(25)24(12-6-7-12)18(27)23(16)9-8-20-5/h8,12,21H,6-7,9-10H2,1-5H3,(H,22,26). The lowest BCUT2D eigenvalue weighted by Crippen LogP contribution is -2.40. The molecule has 1 aliphatic carbocycles. The van der Waals surface area contributed by atoms with Crippen molar-refractivity contribution < 1.29 is 9.53 Å². The third-order valence-corrected chi connectivity index (χ3v) is 5.85. The number of thiophene rings is 1. The summed E-state index contributed by atoms with van der Waals surface area (Å²) in [7, 11) is 1.65. The van der Waals surface area contributed by atoms with Crippen molar-refractivity contribution in [1.82, 2.24) is 20.0 Å². The van der Waals surface area contributed by atoms with Crippen LogP contribution in [0.4, 0.5) is 4.79 Å². The molecule has 1 aliphatic rings. The number of rotatable bonds is 6. The smallest absolute Gasteiger partial charge is 0.422 e. The van der Waals surface area contributed by atoms with Gasteiger partial charge in [0.25, 0.3) is 5.56 Å². The molecule has 1 saturated carbocycles. The van der Waals surface area contributed by atoms with Crippen LogP contribution < -0.4 is 22.1 Å². The number of fused-ring (bicyclic) bond motifs is 1. The quantitative estimate of drug-likeness (QED) is 0.549. The van der Waals surface area contributed by atoms with E-state index in [4.69, 9.17) is 4.74 Å². The van der Waals surface area contributed by atoms with Gasteiger partial charge >= 0.3 is 11.8 Å². The number of aromatic nitrogens is 2. The van der Waals surface area contributed by atoms with Crippen molar-refractivity contribution >= 4 is 33.9 Å². The van der Waals surface area contributed by atoms with Gasteiger partial charge in [-0.3, -0.25) is 24.3 Å². The van der Waals surface area contributed by atoms with Crippen molar-refractivity contribution in [2.24, 2.45) is 4.99 Å². The highest BCUT2D eigenvalue weighted by atomic mass is 32.1. The van der Waals surface area contributed by atoms with Crippen LogP contribution in [-0.4, -0.2) is 34.1 Å². The normalized spacial score (nSPS) is 14.7. The number of carbonyl (C=O) groups is 1. The molecule has 0 bridgehead atoms. The number of nitrogens with one attached hydrogen (secondary N) is 2. The molecule has 0 aliphatic heterocycles. The van der Waals surface area contributed by atoms with E-state index < -0.39 is 11.7 Å². The number of hydrogen-bond donors (Lipinski definition) is 2. The van der Waals surface area contributed by atoms with E-state index in [2.05, 4.69) is 15.8 Å². The molecule has 10 heteroatoms. The molecule has 29 heavy (non-hydrogen) atoms. The largest absolute Gasteiger partial charge is 0.443 e. The third-order valence-electron chi connectivity index (χ3n) is 4.54. The van der Waals surface area contributed by atoms with Gasteiger partial charge in [-0.1, -0.05) is 0 Å². The number of aryl methyl sites for hydroxylation is 1. The first kappa shape index (κ1) is 21.3. The minimum absolute atomic E-state index is 0.0149. The molecular weight excluding hydrogens is 394 g/mol. The fraction of sp³-hybridized carbons (Fsp3) is 0.579. The van der Waals surface area contributed by atoms with Crippen LogP contribution in [0.25, 0.3) is 10.2 Å². The van der Waals surface area contributed by atoms with Crippen LogP contribution in [0.15, 0.2) is 14.6 Å². The van der Waals surface area contributed by atoms with Crippen LogP contribution in [0, 0.1) is 6.92 Å². The Morgan fingerprint density at radius 2 is 2.03 bits per heavy atom. The van der Waals surface area contributed by atoms with Crippen molar-refractivity contribution in [3.05, 3.63) is 31.3 Å². The predicted molar refractivity (Wildman–Crippen MR) is 114 cm³/mol. The Hall–Kier alpha value is -2.46. The summed E-state index contributed by atoms with van der Waals surface area (Å²) < 4.78 is 8.17. The predicted octanol–water partition coefficient (Wildman–Crippen LogP) is 2.10. The molecule has 2 aromatic heterocycles. The van der Waals surface area contributed by atoms with Crippen LogP contribution in [0.1, 0.15) is 50.1 Å². The fourth-order valence-electron chi connectivity index (χ4n) is 3.06. The molecule has 0 radical (unpaired) electrons. The first-order chi connectivity index (χ1) is 13.6. The van der Waals surface area contributed by atoms with E-state index in [0.717, 1.165) is 23.3 Å². The van der Waals surface area contributed by atoms with Crippen molar-refractivity contribution in [3.63, 3.8) is 0 Å². The van der Waals surface area contributed by atoms with Gasteiger partial charge in [0.1, 0.15) is 10.4 Å². The van der Waals surface area contributed by atoms with E-state index >= 15 is 0 Å². The summed E-state index contributed by atoms with van der Waals surface area (Å²) in [6.07, 6.45) is 2.77. The number of hydrazine groups is 1. The van der Waals surface area contributed by atoms with Crippen molar-refractivity contribution in [3.8, 4) is 0 Å². The minimum Gasteiger partial charge on any atom is -0.443 e. The Morgan fingerprint density at radius 1 is 1.34 bits per heavy atom. The number of amides is 1. The second kappa shape index (κ2) is 8.11. The Morgan fingerprint density at radius 3 is 2.62 bits per heavy atom. The SMILES string of the molecule is CN=CCn1c(=O)n(C2CC2)c(=O)c2c(C)c(CNNC(=O)OC(C)(C)C)sc21. The Kier molecular flexibility index (Phi) is 5.95. The number of hydrogen-bond acceptors (Lipinski definition) is 7. The maximum absolute atomic E-state index is 13.0. The van der Waals surface area contributed by atoms with E-state index in [9.17, 15) is 14.4 Å². The van der Waals surface area contributed by atoms with Gasteiger partial charge in [0.2, 0.25) is 0 Å². The highest BCUT2D eigenvalue weighted by molar-refractivity contribution is 7.18. The van der Waals surface area contributed by atoms with Crippen LogP contribution in [0.2, 0.25) is 0 Å². The first-order valence-corrected chi connectivity index (χ1v) is 10.4. The van der Waals surface area contributed by atoms with Crippen LogP contribution >= 0.6 is 11.3 Å². The Balaban J connectivity index is 1.93. The zero-order valence-electron chi connectivity index (χ0n) is 17.4. The molecular formula is C19H27N5O4S. The second-order valence-corrected chi connectivity index (χ2v) is 9.13. The Labute approximate surface area is 172 Å². The molecule has 0 aromatic carbocycles. The maximum Gasteiger partial charge on any atom is 0.422 e. The molecule has 9 nitrogen and oxygen atoms in total. The van der Waals surface area contributed by atoms with E-state index in [1.54, 1.807) is 38.6 Å². The zero-order chi connectivity index (χ0) is 21.3. The summed E-state index contributed by atoms with van der Waals surface area (Å²) in [6, 6.07) is -0.0149. The van der Waals surface area contributed by atoms with Gasteiger partial charge in [-0.25, -0.2) is 15.0 Å². The molecule has 0 saturated heterocycles. The molecule has 0 unspecified atom stereocenters. The van der Waals surface area contributed by atoms with E-state index in [0.29, 0.717) is 23.3 Å². The molecule has 0 spiro atoms. The highest BCUT2D eigenvalue weighted by Gasteiger charge is 2.30. The van der Waals surface area contributed by atoms with Crippen molar-refractivity contribution in [2.75, 3.05) is 7.05 Å². The van der Waals surface area contributed by atoms with Crippen LogP contribution in [0.5, 0.6) is 0 Å². The summed E-state index contributed by atoms with van der Waals surface area (Å²) in [5, 5.41) is 0.556. The molecule has 3 rings (SSSR count). The summed E-state index contributed by atoms with van der Waals surface area (Å²) in [6.45, 7) is 7.83. The van der Waals surface area contributed by atoms with Gasteiger partial charge in [-0.05, 0) is 46.1 Å².